The Morgan fingerprint density at radius 1 is 0.826 bits per heavy atom. The number of rotatable bonds is 4. The van der Waals surface area contributed by atoms with Crippen molar-refractivity contribution in [2.24, 2.45) is 0 Å². The largest absolute Gasteiger partial charge is 0.394 e. The monoisotopic (exact) mass is 338 g/mol. The number of hydrogen-bond donors (Lipinski definition) is 6. The molecule has 0 radical (unpaired) electrons. The van der Waals surface area contributed by atoms with Crippen LogP contribution < -0.4 is 0 Å². The van der Waals surface area contributed by atoms with E-state index in [9.17, 15) is 30.6 Å². The SMILES string of the molecule is CCC1O[C@H](O[C@@H]2C(CO)OC(C)C(O)[C@@H]2O)C(O)[C@H](O)[C@H]1O. The van der Waals surface area contributed by atoms with Gasteiger partial charge in [0.15, 0.2) is 6.29 Å². The molecule has 0 bridgehead atoms. The molecule has 2 aliphatic rings. The molecule has 2 aliphatic heterocycles. The minimum absolute atomic E-state index is 0.373. The Hall–Kier alpha value is -0.360. The molecule has 10 atom stereocenters. The van der Waals surface area contributed by atoms with E-state index in [0.717, 1.165) is 0 Å². The van der Waals surface area contributed by atoms with Gasteiger partial charge >= 0.3 is 0 Å². The predicted molar refractivity (Wildman–Crippen MR) is 75.3 cm³/mol. The van der Waals surface area contributed by atoms with E-state index in [2.05, 4.69) is 0 Å². The van der Waals surface area contributed by atoms with Gasteiger partial charge in [-0.05, 0) is 13.3 Å². The molecule has 0 saturated carbocycles. The summed E-state index contributed by atoms with van der Waals surface area (Å²) in [4.78, 5) is 0. The first kappa shape index (κ1) is 19.0. The normalized spacial score (nSPS) is 51.7. The average molecular weight is 338 g/mol. The van der Waals surface area contributed by atoms with Gasteiger partial charge in [-0.25, -0.2) is 0 Å². The molecule has 0 aromatic heterocycles. The van der Waals surface area contributed by atoms with Gasteiger partial charge in [-0.15, -0.1) is 0 Å². The van der Waals surface area contributed by atoms with Crippen molar-refractivity contribution in [2.45, 2.75) is 81.5 Å². The van der Waals surface area contributed by atoms with Gasteiger partial charge in [0.1, 0.15) is 42.7 Å². The third-order valence-electron chi connectivity index (χ3n) is 4.47. The summed E-state index contributed by atoms with van der Waals surface area (Å²) >= 11 is 0. The molecule has 0 aliphatic carbocycles. The molecule has 136 valence electrons. The van der Waals surface area contributed by atoms with E-state index in [1.807, 2.05) is 0 Å². The van der Waals surface area contributed by atoms with Gasteiger partial charge in [0.05, 0.1) is 18.8 Å². The number of hydrogen-bond acceptors (Lipinski definition) is 9. The van der Waals surface area contributed by atoms with Crippen LogP contribution in [0.25, 0.3) is 0 Å². The zero-order chi connectivity index (χ0) is 17.3. The summed E-state index contributed by atoms with van der Waals surface area (Å²) in [6.07, 6.45) is -11.4. The summed E-state index contributed by atoms with van der Waals surface area (Å²) in [5, 5.41) is 59.1. The first-order valence-corrected chi connectivity index (χ1v) is 7.79. The van der Waals surface area contributed by atoms with Crippen LogP contribution in [0.2, 0.25) is 0 Å². The minimum atomic E-state index is -1.55. The van der Waals surface area contributed by atoms with E-state index in [1.54, 1.807) is 13.8 Å². The summed E-state index contributed by atoms with van der Waals surface area (Å²) in [5.41, 5.74) is 0. The third-order valence-corrected chi connectivity index (χ3v) is 4.47. The van der Waals surface area contributed by atoms with Gasteiger partial charge in [-0.2, -0.15) is 0 Å². The van der Waals surface area contributed by atoms with Crippen LogP contribution in [-0.4, -0.2) is 98.5 Å². The van der Waals surface area contributed by atoms with E-state index in [0.29, 0.717) is 6.42 Å². The summed E-state index contributed by atoms with van der Waals surface area (Å²) in [6.45, 7) is 2.81. The lowest BCUT2D eigenvalue weighted by molar-refractivity contribution is -0.339. The fraction of sp³-hybridized carbons (Fsp3) is 1.00. The Morgan fingerprint density at radius 3 is 2.04 bits per heavy atom. The quantitative estimate of drug-likeness (QED) is 0.317. The lowest BCUT2D eigenvalue weighted by Gasteiger charge is -2.45. The van der Waals surface area contributed by atoms with Gasteiger partial charge < -0.3 is 44.8 Å². The Labute approximate surface area is 134 Å². The van der Waals surface area contributed by atoms with E-state index >= 15 is 0 Å². The number of aliphatic hydroxyl groups excluding tert-OH is 6. The van der Waals surface area contributed by atoms with Crippen molar-refractivity contribution in [1.29, 1.82) is 0 Å². The van der Waals surface area contributed by atoms with Gasteiger partial charge in [0, 0.05) is 0 Å². The van der Waals surface area contributed by atoms with Gasteiger partial charge in [0.25, 0.3) is 0 Å². The molecule has 0 spiro atoms. The lowest BCUT2D eigenvalue weighted by atomic mass is 9.94. The first-order valence-electron chi connectivity index (χ1n) is 7.79. The molecule has 2 saturated heterocycles. The zero-order valence-corrected chi connectivity index (χ0v) is 13.1. The second-order valence-corrected chi connectivity index (χ2v) is 6.07. The topological polar surface area (TPSA) is 149 Å². The molecule has 23 heavy (non-hydrogen) atoms. The summed E-state index contributed by atoms with van der Waals surface area (Å²) in [7, 11) is 0. The lowest BCUT2D eigenvalue weighted by Crippen LogP contribution is -2.63. The second kappa shape index (κ2) is 7.68. The van der Waals surface area contributed by atoms with Crippen LogP contribution in [0.4, 0.5) is 0 Å². The van der Waals surface area contributed by atoms with Crippen molar-refractivity contribution in [3.05, 3.63) is 0 Å². The van der Waals surface area contributed by atoms with E-state index in [1.165, 1.54) is 0 Å². The number of ether oxygens (including phenoxy) is 3. The van der Waals surface area contributed by atoms with Crippen LogP contribution in [0.15, 0.2) is 0 Å². The van der Waals surface area contributed by atoms with Crippen LogP contribution in [-0.2, 0) is 14.2 Å². The molecule has 6 N–H and O–H groups in total. The maximum absolute atomic E-state index is 10.2. The molecular formula is C14H26O9. The van der Waals surface area contributed by atoms with Crippen LogP contribution in [0.1, 0.15) is 20.3 Å². The summed E-state index contributed by atoms with van der Waals surface area (Å²) < 4.78 is 16.3. The zero-order valence-electron chi connectivity index (χ0n) is 13.1. The molecule has 0 aromatic carbocycles. The highest BCUT2D eigenvalue weighted by molar-refractivity contribution is 4.94. The molecule has 9 nitrogen and oxygen atoms in total. The standard InChI is InChI=1S/C14H26O9/c1-3-6-9(17)10(18)12(20)14(22-6)23-13-7(4-15)21-5(2)8(16)11(13)19/h5-20H,3-4H2,1-2H3/t5?,6?,7?,8?,9-,10+,11-,12?,13+,14+/m0/s1. The summed E-state index contributed by atoms with van der Waals surface area (Å²) in [6, 6.07) is 0. The Kier molecular flexibility index (Phi) is 6.34. The highest BCUT2D eigenvalue weighted by atomic mass is 16.7. The van der Waals surface area contributed by atoms with Crippen molar-refractivity contribution >= 4 is 0 Å². The van der Waals surface area contributed by atoms with Crippen molar-refractivity contribution in [1.82, 2.24) is 0 Å². The van der Waals surface area contributed by atoms with Crippen LogP contribution in [0.5, 0.6) is 0 Å². The summed E-state index contributed by atoms with van der Waals surface area (Å²) in [5.74, 6) is 0. The highest BCUT2D eigenvalue weighted by Gasteiger charge is 2.49. The molecule has 0 aromatic rings. The van der Waals surface area contributed by atoms with Gasteiger partial charge in [-0.1, -0.05) is 6.92 Å². The molecule has 2 fully saturated rings. The van der Waals surface area contributed by atoms with Crippen LogP contribution >= 0.6 is 0 Å². The molecule has 0 amide bonds. The van der Waals surface area contributed by atoms with Crippen molar-refractivity contribution in [3.8, 4) is 0 Å². The van der Waals surface area contributed by atoms with Crippen LogP contribution in [0, 0.1) is 0 Å². The average Bonchev–Trinajstić information content (AvgIpc) is 2.55. The maximum atomic E-state index is 10.2. The Morgan fingerprint density at radius 2 is 1.48 bits per heavy atom. The Bertz CT molecular complexity index is 377. The molecular weight excluding hydrogens is 312 g/mol. The van der Waals surface area contributed by atoms with E-state index in [4.69, 9.17) is 14.2 Å². The smallest absolute Gasteiger partial charge is 0.187 e. The molecule has 9 heteroatoms. The minimum Gasteiger partial charge on any atom is -0.394 e. The highest BCUT2D eigenvalue weighted by Crippen LogP contribution is 2.29. The first-order chi connectivity index (χ1) is 10.8. The molecule has 2 heterocycles. The Balaban J connectivity index is 2.11. The fourth-order valence-electron chi connectivity index (χ4n) is 2.96. The van der Waals surface area contributed by atoms with Gasteiger partial charge in [-0.3, -0.25) is 0 Å². The van der Waals surface area contributed by atoms with E-state index < -0.39 is 67.8 Å². The van der Waals surface area contributed by atoms with E-state index in [-0.39, 0.29) is 0 Å². The van der Waals surface area contributed by atoms with Crippen molar-refractivity contribution in [3.63, 3.8) is 0 Å². The predicted octanol–water partition coefficient (Wildman–Crippen LogP) is -2.91. The van der Waals surface area contributed by atoms with Crippen molar-refractivity contribution < 1.29 is 44.8 Å². The van der Waals surface area contributed by atoms with Crippen molar-refractivity contribution in [2.75, 3.05) is 6.61 Å². The third kappa shape index (κ3) is 3.68. The second-order valence-electron chi connectivity index (χ2n) is 6.07. The maximum Gasteiger partial charge on any atom is 0.187 e. The fourth-order valence-corrected chi connectivity index (χ4v) is 2.96. The van der Waals surface area contributed by atoms with Gasteiger partial charge in [0.2, 0.25) is 0 Å². The molecule has 2 rings (SSSR count). The number of aliphatic hydroxyl groups is 6. The molecule has 5 unspecified atom stereocenters. The van der Waals surface area contributed by atoms with Crippen LogP contribution in [0.3, 0.4) is 0 Å².